The highest BCUT2D eigenvalue weighted by atomic mass is 16.6. The van der Waals surface area contributed by atoms with E-state index in [0.29, 0.717) is 6.42 Å². The molecule has 3 rings (SSSR count). The SMILES string of the molecule is CC(C)(C)OC(=O)NC1=CN([C@H]2c3ccccc3C[C@@H]2O)CCC1. The highest BCUT2D eigenvalue weighted by Crippen LogP contribution is 2.37. The van der Waals surface area contributed by atoms with Crippen molar-refractivity contribution < 1.29 is 14.6 Å². The predicted molar refractivity (Wildman–Crippen MR) is 92.3 cm³/mol. The van der Waals surface area contributed by atoms with Gasteiger partial charge in [0, 0.05) is 24.9 Å². The Morgan fingerprint density at radius 2 is 2.08 bits per heavy atom. The van der Waals surface area contributed by atoms with Crippen molar-refractivity contribution in [3.8, 4) is 0 Å². The number of rotatable bonds is 2. The lowest BCUT2D eigenvalue weighted by atomic mass is 10.0. The van der Waals surface area contributed by atoms with Gasteiger partial charge in [-0.25, -0.2) is 4.79 Å². The van der Waals surface area contributed by atoms with Crippen LogP contribution in [0.5, 0.6) is 0 Å². The standard InChI is InChI=1S/C19H26N2O3/c1-19(2,3)24-18(23)20-14-8-6-10-21(12-14)17-15-9-5-4-7-13(15)11-16(17)22/h4-5,7,9,12,16-17,22H,6,8,10-11H2,1-3H3,(H,20,23)/t16-,17-/m0/s1. The maximum absolute atomic E-state index is 12.0. The first-order valence-electron chi connectivity index (χ1n) is 8.56. The van der Waals surface area contributed by atoms with Gasteiger partial charge in [0.2, 0.25) is 0 Å². The summed E-state index contributed by atoms with van der Waals surface area (Å²) >= 11 is 0. The third-order valence-corrected chi connectivity index (χ3v) is 4.37. The molecule has 0 bridgehead atoms. The zero-order chi connectivity index (χ0) is 17.3. The molecular weight excluding hydrogens is 304 g/mol. The van der Waals surface area contributed by atoms with Crippen LogP contribution >= 0.6 is 0 Å². The summed E-state index contributed by atoms with van der Waals surface area (Å²) in [6.07, 6.45) is 3.54. The number of alkyl carbamates (subject to hydrolysis) is 1. The first-order chi connectivity index (χ1) is 11.3. The normalized spacial score (nSPS) is 23.5. The molecule has 0 fully saturated rings. The summed E-state index contributed by atoms with van der Waals surface area (Å²) in [5, 5.41) is 13.3. The topological polar surface area (TPSA) is 61.8 Å². The summed E-state index contributed by atoms with van der Waals surface area (Å²) in [4.78, 5) is 14.1. The molecule has 2 atom stereocenters. The molecule has 0 saturated carbocycles. The lowest BCUT2D eigenvalue weighted by Gasteiger charge is -2.34. The largest absolute Gasteiger partial charge is 0.444 e. The number of nitrogens with one attached hydrogen (secondary N) is 1. The summed E-state index contributed by atoms with van der Waals surface area (Å²) in [6, 6.07) is 8.13. The Morgan fingerprint density at radius 3 is 2.83 bits per heavy atom. The van der Waals surface area contributed by atoms with Gasteiger partial charge in [-0.15, -0.1) is 0 Å². The number of carbonyl (C=O) groups is 1. The Morgan fingerprint density at radius 1 is 1.33 bits per heavy atom. The van der Waals surface area contributed by atoms with Crippen molar-refractivity contribution in [3.05, 3.63) is 47.3 Å². The van der Waals surface area contributed by atoms with Crippen LogP contribution in [0.3, 0.4) is 0 Å². The molecule has 24 heavy (non-hydrogen) atoms. The van der Waals surface area contributed by atoms with Crippen molar-refractivity contribution in [2.45, 2.75) is 57.8 Å². The first kappa shape index (κ1) is 16.8. The Kier molecular flexibility index (Phi) is 4.54. The van der Waals surface area contributed by atoms with E-state index in [1.54, 1.807) is 0 Å². The molecule has 0 radical (unpaired) electrons. The van der Waals surface area contributed by atoms with Crippen molar-refractivity contribution in [1.29, 1.82) is 0 Å². The van der Waals surface area contributed by atoms with Gasteiger partial charge in [-0.2, -0.15) is 0 Å². The third-order valence-electron chi connectivity index (χ3n) is 4.37. The second-order valence-corrected chi connectivity index (χ2v) is 7.54. The Balaban J connectivity index is 1.74. The molecule has 0 aromatic heterocycles. The number of aliphatic hydroxyl groups is 1. The van der Waals surface area contributed by atoms with Gasteiger partial charge in [-0.3, -0.25) is 5.32 Å². The van der Waals surface area contributed by atoms with Crippen LogP contribution in [0.4, 0.5) is 4.79 Å². The second kappa shape index (κ2) is 6.48. The van der Waals surface area contributed by atoms with Crippen LogP contribution in [0.15, 0.2) is 36.2 Å². The minimum absolute atomic E-state index is 0.0445. The average molecular weight is 330 g/mol. The second-order valence-electron chi connectivity index (χ2n) is 7.54. The monoisotopic (exact) mass is 330 g/mol. The third kappa shape index (κ3) is 3.73. The lowest BCUT2D eigenvalue weighted by molar-refractivity contribution is 0.0535. The molecule has 130 valence electrons. The van der Waals surface area contributed by atoms with E-state index in [1.165, 1.54) is 11.1 Å². The predicted octanol–water partition coefficient (Wildman–Crippen LogP) is 3.11. The number of hydrogen-bond acceptors (Lipinski definition) is 4. The zero-order valence-corrected chi connectivity index (χ0v) is 14.6. The van der Waals surface area contributed by atoms with E-state index in [1.807, 2.05) is 39.1 Å². The quantitative estimate of drug-likeness (QED) is 0.875. The summed E-state index contributed by atoms with van der Waals surface area (Å²) in [7, 11) is 0. The summed E-state index contributed by atoms with van der Waals surface area (Å²) in [6.45, 7) is 6.41. The number of carbonyl (C=O) groups excluding carboxylic acids is 1. The number of allylic oxidation sites excluding steroid dienone is 1. The highest BCUT2D eigenvalue weighted by molar-refractivity contribution is 5.70. The van der Waals surface area contributed by atoms with Crippen molar-refractivity contribution >= 4 is 6.09 Å². The van der Waals surface area contributed by atoms with Gasteiger partial charge in [0.25, 0.3) is 0 Å². The van der Waals surface area contributed by atoms with E-state index in [9.17, 15) is 9.90 Å². The van der Waals surface area contributed by atoms with E-state index in [-0.39, 0.29) is 6.04 Å². The number of hydrogen-bond donors (Lipinski definition) is 2. The number of fused-ring (bicyclic) bond motifs is 1. The van der Waals surface area contributed by atoms with Crippen LogP contribution in [0.2, 0.25) is 0 Å². The molecule has 0 saturated heterocycles. The van der Waals surface area contributed by atoms with Crippen LogP contribution in [-0.4, -0.2) is 34.3 Å². The summed E-state index contributed by atoms with van der Waals surface area (Å²) in [5.41, 5.74) is 2.71. The van der Waals surface area contributed by atoms with Gasteiger partial charge in [0.05, 0.1) is 12.1 Å². The van der Waals surface area contributed by atoms with E-state index >= 15 is 0 Å². The number of benzene rings is 1. The maximum atomic E-state index is 12.0. The molecule has 1 heterocycles. The smallest absolute Gasteiger partial charge is 0.411 e. The zero-order valence-electron chi connectivity index (χ0n) is 14.6. The first-order valence-corrected chi connectivity index (χ1v) is 8.56. The number of ether oxygens (including phenoxy) is 1. The van der Waals surface area contributed by atoms with E-state index in [2.05, 4.69) is 22.3 Å². The molecule has 1 aromatic carbocycles. The summed E-state index contributed by atoms with van der Waals surface area (Å²) in [5.74, 6) is 0. The summed E-state index contributed by atoms with van der Waals surface area (Å²) < 4.78 is 5.32. The molecule has 1 aromatic rings. The Labute approximate surface area is 143 Å². The molecule has 5 nitrogen and oxygen atoms in total. The average Bonchev–Trinajstić information content (AvgIpc) is 2.81. The lowest BCUT2D eigenvalue weighted by Crippen LogP contribution is -2.37. The van der Waals surface area contributed by atoms with Gasteiger partial charge < -0.3 is 14.7 Å². The molecule has 0 unspecified atom stereocenters. The van der Waals surface area contributed by atoms with Gasteiger partial charge in [-0.05, 0) is 44.7 Å². The van der Waals surface area contributed by atoms with Gasteiger partial charge in [0.15, 0.2) is 0 Å². The minimum atomic E-state index is -0.514. The Bertz CT molecular complexity index is 648. The Hall–Kier alpha value is -2.01. The number of aliphatic hydroxyl groups excluding tert-OH is 1. The van der Waals surface area contributed by atoms with Crippen LogP contribution in [-0.2, 0) is 11.2 Å². The fourth-order valence-corrected chi connectivity index (χ4v) is 3.48. The van der Waals surface area contributed by atoms with Crippen molar-refractivity contribution in [1.82, 2.24) is 10.2 Å². The molecule has 5 heteroatoms. The number of amides is 1. The molecule has 1 aliphatic carbocycles. The molecule has 2 N–H and O–H groups in total. The van der Waals surface area contributed by atoms with E-state index < -0.39 is 17.8 Å². The van der Waals surface area contributed by atoms with Crippen LogP contribution in [0.25, 0.3) is 0 Å². The van der Waals surface area contributed by atoms with Crippen LogP contribution in [0, 0.1) is 0 Å². The van der Waals surface area contributed by atoms with E-state index in [0.717, 1.165) is 25.1 Å². The fraction of sp³-hybridized carbons (Fsp3) is 0.526. The molecule has 1 amide bonds. The fourth-order valence-electron chi connectivity index (χ4n) is 3.48. The van der Waals surface area contributed by atoms with E-state index in [4.69, 9.17) is 4.74 Å². The maximum Gasteiger partial charge on any atom is 0.411 e. The van der Waals surface area contributed by atoms with Gasteiger partial charge in [0.1, 0.15) is 5.60 Å². The van der Waals surface area contributed by atoms with Crippen molar-refractivity contribution in [2.75, 3.05) is 6.54 Å². The molecule has 2 aliphatic rings. The van der Waals surface area contributed by atoms with Gasteiger partial charge in [-0.1, -0.05) is 24.3 Å². The van der Waals surface area contributed by atoms with Crippen LogP contribution in [0.1, 0.15) is 50.8 Å². The highest BCUT2D eigenvalue weighted by Gasteiger charge is 2.35. The minimum Gasteiger partial charge on any atom is -0.444 e. The molecule has 0 spiro atoms. The molecule has 1 aliphatic heterocycles. The van der Waals surface area contributed by atoms with Gasteiger partial charge >= 0.3 is 6.09 Å². The number of nitrogens with zero attached hydrogens (tertiary/aromatic N) is 1. The molecular formula is C19H26N2O3. The van der Waals surface area contributed by atoms with Crippen LogP contribution < -0.4 is 5.32 Å². The van der Waals surface area contributed by atoms with Crippen molar-refractivity contribution in [2.24, 2.45) is 0 Å². The van der Waals surface area contributed by atoms with Crippen molar-refractivity contribution in [3.63, 3.8) is 0 Å².